The van der Waals surface area contributed by atoms with Crippen molar-refractivity contribution < 1.29 is 9.59 Å². The first-order valence-electron chi connectivity index (χ1n) is 7.37. The number of nitrogens with zero attached hydrogens (tertiary/aromatic N) is 3. The number of rotatable bonds is 4. The summed E-state index contributed by atoms with van der Waals surface area (Å²) in [5, 5.41) is 0. The van der Waals surface area contributed by atoms with Crippen LogP contribution in [-0.4, -0.2) is 65.8 Å². The molecule has 2 heterocycles. The van der Waals surface area contributed by atoms with E-state index in [1.807, 2.05) is 35.9 Å². The van der Waals surface area contributed by atoms with Crippen molar-refractivity contribution in [3.8, 4) is 0 Å². The molecule has 0 aromatic carbocycles. The Morgan fingerprint density at radius 2 is 1.86 bits per heavy atom. The average molecular weight is 344 g/mol. The summed E-state index contributed by atoms with van der Waals surface area (Å²) >= 11 is 7.48. The van der Waals surface area contributed by atoms with E-state index in [9.17, 15) is 9.59 Å². The summed E-state index contributed by atoms with van der Waals surface area (Å²) in [5.74, 6) is 0.195. The molecule has 0 spiro atoms. The van der Waals surface area contributed by atoms with E-state index in [2.05, 4.69) is 0 Å². The zero-order valence-electron chi connectivity index (χ0n) is 13.2. The molecule has 22 heavy (non-hydrogen) atoms. The van der Waals surface area contributed by atoms with E-state index in [-0.39, 0.29) is 17.9 Å². The van der Waals surface area contributed by atoms with Crippen molar-refractivity contribution in [2.45, 2.75) is 26.4 Å². The lowest BCUT2D eigenvalue weighted by molar-refractivity contribution is -0.141. The molecule has 1 aliphatic heterocycles. The monoisotopic (exact) mass is 343 g/mol. The molecule has 0 aliphatic carbocycles. The third kappa shape index (κ3) is 4.21. The average Bonchev–Trinajstić information content (AvgIpc) is 2.90. The van der Waals surface area contributed by atoms with Crippen molar-refractivity contribution in [3.63, 3.8) is 0 Å². The van der Waals surface area contributed by atoms with Crippen molar-refractivity contribution in [1.82, 2.24) is 14.7 Å². The maximum absolute atomic E-state index is 12.6. The number of piperazine rings is 1. The molecular weight excluding hydrogens is 322 g/mol. The lowest BCUT2D eigenvalue weighted by Crippen LogP contribution is -2.54. The van der Waals surface area contributed by atoms with Crippen LogP contribution in [0.2, 0.25) is 4.34 Å². The molecule has 7 heteroatoms. The highest BCUT2D eigenvalue weighted by Gasteiger charge is 2.27. The van der Waals surface area contributed by atoms with Gasteiger partial charge < -0.3 is 9.80 Å². The van der Waals surface area contributed by atoms with Gasteiger partial charge in [-0.1, -0.05) is 11.6 Å². The highest BCUT2D eigenvalue weighted by atomic mass is 35.5. The minimum absolute atomic E-state index is 0.0758. The van der Waals surface area contributed by atoms with Crippen LogP contribution in [0.5, 0.6) is 0 Å². The number of thiophene rings is 1. The molecule has 0 bridgehead atoms. The zero-order chi connectivity index (χ0) is 16.3. The summed E-state index contributed by atoms with van der Waals surface area (Å²) in [5.41, 5.74) is 0. The van der Waals surface area contributed by atoms with Crippen LogP contribution in [0.4, 0.5) is 0 Å². The quantitative estimate of drug-likeness (QED) is 0.839. The van der Waals surface area contributed by atoms with E-state index >= 15 is 0 Å². The number of carbonyl (C=O) groups excluding carboxylic acids is 2. The van der Waals surface area contributed by atoms with E-state index in [0.717, 1.165) is 9.21 Å². The van der Waals surface area contributed by atoms with Crippen LogP contribution in [0.3, 0.4) is 0 Å². The summed E-state index contributed by atoms with van der Waals surface area (Å²) < 4.78 is 0.766. The van der Waals surface area contributed by atoms with Crippen molar-refractivity contribution in [3.05, 3.63) is 21.3 Å². The smallest absolute Gasteiger partial charge is 0.239 e. The molecule has 1 aliphatic rings. The van der Waals surface area contributed by atoms with E-state index < -0.39 is 0 Å². The van der Waals surface area contributed by atoms with Gasteiger partial charge in [-0.15, -0.1) is 11.3 Å². The molecule has 2 amide bonds. The van der Waals surface area contributed by atoms with Crippen LogP contribution in [0.25, 0.3) is 0 Å². The molecule has 1 atom stereocenters. The predicted octanol–water partition coefficient (Wildman–Crippen LogP) is 1.91. The van der Waals surface area contributed by atoms with Gasteiger partial charge in [-0.25, -0.2) is 0 Å². The molecule has 122 valence electrons. The normalized spacial score (nSPS) is 17.0. The van der Waals surface area contributed by atoms with Gasteiger partial charge in [-0.05, 0) is 26.1 Å². The lowest BCUT2D eigenvalue weighted by atomic mass is 10.2. The second-order valence-corrected chi connectivity index (χ2v) is 7.43. The van der Waals surface area contributed by atoms with Crippen LogP contribution in [-0.2, 0) is 16.1 Å². The molecule has 1 aromatic heterocycles. The van der Waals surface area contributed by atoms with Gasteiger partial charge in [0.1, 0.15) is 0 Å². The van der Waals surface area contributed by atoms with Gasteiger partial charge >= 0.3 is 0 Å². The molecule has 1 aromatic rings. The molecule has 0 radical (unpaired) electrons. The van der Waals surface area contributed by atoms with Crippen molar-refractivity contribution in [2.24, 2.45) is 0 Å². The first kappa shape index (κ1) is 17.2. The van der Waals surface area contributed by atoms with Crippen molar-refractivity contribution >= 4 is 34.8 Å². The maximum Gasteiger partial charge on any atom is 0.239 e. The standard InChI is InChI=1S/C15H22ClN3O2S/c1-11(17(3)10-13-4-5-14(16)22-13)15(21)19-8-6-18(7-9-19)12(2)20/h4-5,11H,6-10H2,1-3H3. The molecule has 1 fully saturated rings. The zero-order valence-corrected chi connectivity index (χ0v) is 14.8. The van der Waals surface area contributed by atoms with E-state index in [4.69, 9.17) is 11.6 Å². The molecule has 1 unspecified atom stereocenters. The fourth-order valence-corrected chi connectivity index (χ4v) is 3.67. The van der Waals surface area contributed by atoms with Gasteiger partial charge in [0.2, 0.25) is 11.8 Å². The summed E-state index contributed by atoms with van der Waals surface area (Å²) in [6.07, 6.45) is 0. The summed E-state index contributed by atoms with van der Waals surface area (Å²) in [6.45, 7) is 6.67. The third-order valence-electron chi connectivity index (χ3n) is 4.09. The van der Waals surface area contributed by atoms with Crippen LogP contribution < -0.4 is 0 Å². The fourth-order valence-electron chi connectivity index (χ4n) is 2.51. The van der Waals surface area contributed by atoms with Gasteiger partial charge in [0, 0.05) is 44.5 Å². The Hall–Kier alpha value is -1.11. The van der Waals surface area contributed by atoms with Crippen molar-refractivity contribution in [1.29, 1.82) is 0 Å². The molecule has 0 saturated carbocycles. The number of halogens is 1. The Bertz CT molecular complexity index is 541. The lowest BCUT2D eigenvalue weighted by Gasteiger charge is -2.37. The predicted molar refractivity (Wildman–Crippen MR) is 89.1 cm³/mol. The Kier molecular flexibility index (Phi) is 5.83. The van der Waals surface area contributed by atoms with Crippen LogP contribution >= 0.6 is 22.9 Å². The summed E-state index contributed by atoms with van der Waals surface area (Å²) in [7, 11) is 1.95. The Labute approximate surface area is 140 Å². The molecular formula is C15H22ClN3O2S. The fraction of sp³-hybridized carbons (Fsp3) is 0.600. The van der Waals surface area contributed by atoms with E-state index in [0.29, 0.717) is 32.7 Å². The number of carbonyl (C=O) groups is 2. The first-order chi connectivity index (χ1) is 10.4. The van der Waals surface area contributed by atoms with Gasteiger partial charge in [0.05, 0.1) is 10.4 Å². The minimum atomic E-state index is -0.190. The van der Waals surface area contributed by atoms with Gasteiger partial charge in [-0.2, -0.15) is 0 Å². The van der Waals surface area contributed by atoms with E-state index in [1.165, 1.54) is 11.3 Å². The Balaban J connectivity index is 1.87. The Morgan fingerprint density at radius 3 is 2.36 bits per heavy atom. The highest BCUT2D eigenvalue weighted by molar-refractivity contribution is 7.16. The van der Waals surface area contributed by atoms with Crippen molar-refractivity contribution in [2.75, 3.05) is 33.2 Å². The number of likely N-dealkylation sites (N-methyl/N-ethyl adjacent to an activating group) is 1. The SMILES string of the molecule is CC(=O)N1CCN(C(=O)C(C)N(C)Cc2ccc(Cl)s2)CC1. The van der Waals surface area contributed by atoms with Crippen LogP contribution in [0.1, 0.15) is 18.7 Å². The molecule has 2 rings (SSSR count). The minimum Gasteiger partial charge on any atom is -0.339 e. The van der Waals surface area contributed by atoms with Gasteiger partial charge in [0.15, 0.2) is 0 Å². The summed E-state index contributed by atoms with van der Waals surface area (Å²) in [6, 6.07) is 3.68. The van der Waals surface area contributed by atoms with E-state index in [1.54, 1.807) is 11.8 Å². The summed E-state index contributed by atoms with van der Waals surface area (Å²) in [4.78, 5) is 30.7. The van der Waals surface area contributed by atoms with Crippen LogP contribution in [0.15, 0.2) is 12.1 Å². The first-order valence-corrected chi connectivity index (χ1v) is 8.56. The molecule has 1 saturated heterocycles. The largest absolute Gasteiger partial charge is 0.339 e. The third-order valence-corrected chi connectivity index (χ3v) is 5.31. The maximum atomic E-state index is 12.6. The topological polar surface area (TPSA) is 43.9 Å². The number of hydrogen-bond donors (Lipinski definition) is 0. The number of hydrogen-bond acceptors (Lipinski definition) is 4. The Morgan fingerprint density at radius 1 is 1.27 bits per heavy atom. The van der Waals surface area contributed by atoms with Gasteiger partial charge in [0.25, 0.3) is 0 Å². The highest BCUT2D eigenvalue weighted by Crippen LogP contribution is 2.23. The van der Waals surface area contributed by atoms with Crippen LogP contribution in [0, 0.1) is 0 Å². The molecule has 5 nitrogen and oxygen atoms in total. The van der Waals surface area contributed by atoms with Gasteiger partial charge in [-0.3, -0.25) is 14.5 Å². The molecule has 0 N–H and O–H groups in total. The second-order valence-electron chi connectivity index (χ2n) is 5.63. The number of amides is 2. The second kappa shape index (κ2) is 7.44.